The molecular weight excluding hydrogens is 151 g/mol. The first-order chi connectivity index (χ1) is 3.80. The summed E-state index contributed by atoms with van der Waals surface area (Å²) < 4.78 is 0. The van der Waals surface area contributed by atoms with Crippen LogP contribution < -0.4 is 51.4 Å². The van der Waals surface area contributed by atoms with Crippen LogP contribution >= 0.6 is 0 Å². The van der Waals surface area contributed by atoms with Crippen LogP contribution in [0.2, 0.25) is 0 Å². The Morgan fingerprint density at radius 2 is 2.11 bits per heavy atom. The average Bonchev–Trinajstić information content (AvgIpc) is 1.77. The van der Waals surface area contributed by atoms with Gasteiger partial charge in [-0.15, -0.1) is 0 Å². The molecule has 9 heavy (non-hydrogen) atoms. The molecule has 0 fully saturated rings. The Bertz CT molecular complexity index is 155. The van der Waals surface area contributed by atoms with Crippen LogP contribution in [0.5, 0.6) is 0 Å². The van der Waals surface area contributed by atoms with Crippen molar-refractivity contribution in [1.82, 2.24) is 0 Å². The summed E-state index contributed by atoms with van der Waals surface area (Å²) >= 11 is 0. The van der Waals surface area contributed by atoms with Crippen LogP contribution in [0.1, 0.15) is 1.43 Å². The Hall–Kier alpha value is 0.316. The van der Waals surface area contributed by atoms with E-state index in [0.29, 0.717) is 0 Å². The standard InChI is InChI=1S/C4H4O4.K.H/c5-3-1-2-7-8-4(3)6;;/h1-2,5-6H;;/q;+1;-1. The minimum atomic E-state index is -0.618. The fourth-order valence-electron chi connectivity index (χ4n) is 0.280. The van der Waals surface area contributed by atoms with Gasteiger partial charge in [0.05, 0.1) is 0 Å². The van der Waals surface area contributed by atoms with Gasteiger partial charge in [-0.05, 0) is 0 Å². The molecule has 1 aliphatic rings. The molecule has 0 bridgehead atoms. The van der Waals surface area contributed by atoms with Crippen LogP contribution in [0.25, 0.3) is 0 Å². The van der Waals surface area contributed by atoms with Crippen LogP contribution in [-0.4, -0.2) is 10.2 Å². The molecule has 1 heterocycles. The summed E-state index contributed by atoms with van der Waals surface area (Å²) in [5, 5.41) is 16.9. The maximum absolute atomic E-state index is 8.52. The van der Waals surface area contributed by atoms with E-state index >= 15 is 0 Å². The van der Waals surface area contributed by atoms with Gasteiger partial charge in [0.2, 0.25) is 5.76 Å². The van der Waals surface area contributed by atoms with E-state index in [4.69, 9.17) is 10.2 Å². The number of aliphatic hydroxyl groups is 2. The maximum atomic E-state index is 8.52. The molecule has 0 aliphatic carbocycles. The molecule has 0 unspecified atom stereocenters. The predicted molar refractivity (Wildman–Crippen MR) is 24.7 cm³/mol. The third-order valence-electron chi connectivity index (χ3n) is 0.628. The Morgan fingerprint density at radius 3 is 2.44 bits per heavy atom. The average molecular weight is 156 g/mol. The van der Waals surface area contributed by atoms with E-state index in [9.17, 15) is 0 Å². The van der Waals surface area contributed by atoms with E-state index < -0.39 is 5.95 Å². The van der Waals surface area contributed by atoms with Gasteiger partial charge in [-0.2, -0.15) is 0 Å². The first-order valence-corrected chi connectivity index (χ1v) is 1.93. The summed E-state index contributed by atoms with van der Waals surface area (Å²) in [6, 6.07) is 0. The van der Waals surface area contributed by atoms with Crippen LogP contribution in [0, 0.1) is 0 Å². The summed E-state index contributed by atoms with van der Waals surface area (Å²) in [5.74, 6) is -0.955. The first kappa shape index (κ1) is 9.32. The minimum Gasteiger partial charge on any atom is -1.00 e. The summed E-state index contributed by atoms with van der Waals surface area (Å²) in [6.07, 6.45) is 2.27. The summed E-state index contributed by atoms with van der Waals surface area (Å²) in [6.45, 7) is 0. The molecule has 0 radical (unpaired) electrons. The van der Waals surface area contributed by atoms with E-state index in [2.05, 4.69) is 9.78 Å². The van der Waals surface area contributed by atoms with Crippen molar-refractivity contribution < 1.29 is 72.8 Å². The van der Waals surface area contributed by atoms with Crippen LogP contribution in [-0.2, 0) is 9.78 Å². The largest absolute Gasteiger partial charge is 1.00 e. The monoisotopic (exact) mass is 156 g/mol. The smallest absolute Gasteiger partial charge is 1.00 e. The molecule has 2 N–H and O–H groups in total. The molecule has 5 heteroatoms. The van der Waals surface area contributed by atoms with Crippen molar-refractivity contribution in [2.24, 2.45) is 0 Å². The van der Waals surface area contributed by atoms with Gasteiger partial charge in [0.1, 0.15) is 6.26 Å². The van der Waals surface area contributed by atoms with E-state index in [-0.39, 0.29) is 58.6 Å². The van der Waals surface area contributed by atoms with Crippen molar-refractivity contribution in [2.45, 2.75) is 0 Å². The zero-order valence-electron chi connectivity index (χ0n) is 5.87. The van der Waals surface area contributed by atoms with Crippen molar-refractivity contribution in [3.8, 4) is 0 Å². The van der Waals surface area contributed by atoms with Crippen LogP contribution in [0.3, 0.4) is 0 Å². The number of hydrogen-bond donors (Lipinski definition) is 2. The molecule has 0 spiro atoms. The van der Waals surface area contributed by atoms with Gasteiger partial charge in [0.25, 0.3) is 0 Å². The van der Waals surface area contributed by atoms with Crippen LogP contribution in [0.4, 0.5) is 0 Å². The van der Waals surface area contributed by atoms with Crippen molar-refractivity contribution >= 4 is 0 Å². The molecule has 0 atom stereocenters. The van der Waals surface area contributed by atoms with Gasteiger partial charge in [-0.1, -0.05) is 0 Å². The Balaban J connectivity index is 0. The second-order valence-corrected chi connectivity index (χ2v) is 1.17. The zero-order valence-corrected chi connectivity index (χ0v) is 7.99. The predicted octanol–water partition coefficient (Wildman–Crippen LogP) is -2.14. The molecule has 1 rings (SSSR count). The molecule has 0 aromatic rings. The van der Waals surface area contributed by atoms with E-state index in [1.807, 2.05) is 0 Å². The van der Waals surface area contributed by atoms with Crippen LogP contribution in [0.15, 0.2) is 24.0 Å². The Morgan fingerprint density at radius 1 is 1.44 bits per heavy atom. The quantitative estimate of drug-likeness (QED) is 0.310. The van der Waals surface area contributed by atoms with E-state index in [1.54, 1.807) is 0 Å². The topological polar surface area (TPSA) is 58.9 Å². The summed E-state index contributed by atoms with van der Waals surface area (Å²) in [5.41, 5.74) is 0. The molecule has 46 valence electrons. The van der Waals surface area contributed by atoms with Crippen molar-refractivity contribution in [3.63, 3.8) is 0 Å². The van der Waals surface area contributed by atoms with Crippen molar-refractivity contribution in [3.05, 3.63) is 24.0 Å². The molecular formula is C4H5KO4. The van der Waals surface area contributed by atoms with Gasteiger partial charge in [-0.3, -0.25) is 4.89 Å². The van der Waals surface area contributed by atoms with Gasteiger partial charge < -0.3 is 11.6 Å². The molecule has 4 nitrogen and oxygen atoms in total. The fraction of sp³-hybridized carbons (Fsp3) is 0. The van der Waals surface area contributed by atoms with Gasteiger partial charge in [0.15, 0.2) is 0 Å². The molecule has 0 saturated carbocycles. The zero-order chi connectivity index (χ0) is 5.98. The Labute approximate surface area is 95.6 Å². The normalized spacial score (nSPS) is 15.6. The molecule has 0 saturated heterocycles. The second-order valence-electron chi connectivity index (χ2n) is 1.17. The third kappa shape index (κ3) is 2.59. The molecule has 0 amide bonds. The molecule has 0 aromatic heterocycles. The number of hydrogen-bond acceptors (Lipinski definition) is 4. The van der Waals surface area contributed by atoms with Crippen molar-refractivity contribution in [1.29, 1.82) is 0 Å². The summed E-state index contributed by atoms with van der Waals surface area (Å²) in [4.78, 5) is 8.09. The minimum absolute atomic E-state index is 0. The number of aliphatic hydroxyl groups excluding tert-OH is 2. The fourth-order valence-corrected chi connectivity index (χ4v) is 0.280. The number of rotatable bonds is 0. The maximum Gasteiger partial charge on any atom is 1.00 e. The molecule has 0 aromatic carbocycles. The SMILES string of the molecule is OC1=C(O)OOC=C1.[H-].[K+]. The van der Waals surface area contributed by atoms with Gasteiger partial charge in [-0.25, -0.2) is 4.89 Å². The van der Waals surface area contributed by atoms with Gasteiger partial charge in [0, 0.05) is 6.08 Å². The summed E-state index contributed by atoms with van der Waals surface area (Å²) in [7, 11) is 0. The van der Waals surface area contributed by atoms with E-state index in [1.165, 1.54) is 6.08 Å². The van der Waals surface area contributed by atoms with Gasteiger partial charge >= 0.3 is 57.3 Å². The second kappa shape index (κ2) is 4.18. The van der Waals surface area contributed by atoms with Crippen molar-refractivity contribution in [2.75, 3.05) is 0 Å². The first-order valence-electron chi connectivity index (χ1n) is 1.93. The third-order valence-corrected chi connectivity index (χ3v) is 0.628. The number of allylic oxidation sites excluding steroid dienone is 1. The Kier molecular flexibility index (Phi) is 4.33. The molecule has 1 aliphatic heterocycles. The van der Waals surface area contributed by atoms with E-state index in [0.717, 1.165) is 6.26 Å².